The summed E-state index contributed by atoms with van der Waals surface area (Å²) in [6.45, 7) is 2.39. The molecule has 6 heteroatoms. The van der Waals surface area contributed by atoms with E-state index in [1.54, 1.807) is 32.2 Å². The molecule has 0 aliphatic rings. The van der Waals surface area contributed by atoms with Gasteiger partial charge in [0.25, 0.3) is 11.5 Å². The third-order valence-electron chi connectivity index (χ3n) is 3.15. The molecule has 1 N–H and O–H groups in total. The molecule has 22 heavy (non-hydrogen) atoms. The van der Waals surface area contributed by atoms with E-state index in [4.69, 9.17) is 16.3 Å². The van der Waals surface area contributed by atoms with Gasteiger partial charge in [-0.2, -0.15) is 0 Å². The number of aryl methyl sites for hydroxylation is 1. The van der Waals surface area contributed by atoms with Crippen LogP contribution in [0.2, 0.25) is 5.02 Å². The number of para-hydroxylation sites is 1. The maximum absolute atomic E-state index is 12.2. The van der Waals surface area contributed by atoms with E-state index in [2.05, 4.69) is 4.98 Å². The van der Waals surface area contributed by atoms with Crippen molar-refractivity contribution in [1.82, 2.24) is 9.88 Å². The predicted molar refractivity (Wildman–Crippen MR) is 85.7 cm³/mol. The molecule has 116 valence electrons. The lowest BCUT2D eigenvalue weighted by molar-refractivity contribution is 0.0772. The smallest absolute Gasteiger partial charge is 0.260 e. The van der Waals surface area contributed by atoms with Gasteiger partial charge in [-0.3, -0.25) is 9.59 Å². The number of pyridine rings is 1. The maximum atomic E-state index is 12.2. The summed E-state index contributed by atoms with van der Waals surface area (Å²) in [5, 5.41) is 0.520. The Kier molecular flexibility index (Phi) is 5.22. The van der Waals surface area contributed by atoms with Gasteiger partial charge in [0.05, 0.1) is 11.6 Å². The Balaban J connectivity index is 1.94. The Labute approximate surface area is 133 Å². The fraction of sp³-hybridized carbons (Fsp3) is 0.250. The highest BCUT2D eigenvalue weighted by Gasteiger charge is 2.15. The molecule has 0 spiro atoms. The number of ether oxygens (including phenoxy) is 1. The Morgan fingerprint density at radius 2 is 2.00 bits per heavy atom. The first-order valence-corrected chi connectivity index (χ1v) is 7.19. The first-order chi connectivity index (χ1) is 10.5. The Hall–Kier alpha value is -2.27. The second kappa shape index (κ2) is 7.13. The van der Waals surface area contributed by atoms with Crippen molar-refractivity contribution in [2.45, 2.75) is 6.92 Å². The summed E-state index contributed by atoms with van der Waals surface area (Å²) in [4.78, 5) is 28.0. The van der Waals surface area contributed by atoms with Crippen molar-refractivity contribution in [1.29, 1.82) is 0 Å². The van der Waals surface area contributed by atoms with Gasteiger partial charge in [-0.25, -0.2) is 0 Å². The molecule has 5 nitrogen and oxygen atoms in total. The number of benzene rings is 1. The summed E-state index contributed by atoms with van der Waals surface area (Å²) >= 11 is 5.98. The highest BCUT2D eigenvalue weighted by atomic mass is 35.5. The van der Waals surface area contributed by atoms with E-state index in [9.17, 15) is 9.59 Å². The Bertz CT molecular complexity index is 727. The minimum atomic E-state index is -0.385. The zero-order valence-electron chi connectivity index (χ0n) is 12.4. The minimum Gasteiger partial charge on any atom is -0.490 e. The number of nitrogens with zero attached hydrogens (tertiary/aromatic N) is 1. The third-order valence-corrected chi connectivity index (χ3v) is 3.47. The van der Waals surface area contributed by atoms with Crippen LogP contribution in [-0.4, -0.2) is 36.0 Å². The lowest BCUT2D eigenvalue weighted by Gasteiger charge is -2.17. The number of nitrogens with one attached hydrogen (secondary N) is 1. The fourth-order valence-electron chi connectivity index (χ4n) is 1.90. The molecule has 2 rings (SSSR count). The van der Waals surface area contributed by atoms with Crippen molar-refractivity contribution in [3.63, 3.8) is 0 Å². The molecule has 0 fully saturated rings. The van der Waals surface area contributed by atoms with Gasteiger partial charge in [0.2, 0.25) is 0 Å². The molecule has 1 aromatic carbocycles. The van der Waals surface area contributed by atoms with Gasteiger partial charge in [0.15, 0.2) is 0 Å². The second-order valence-corrected chi connectivity index (χ2v) is 5.30. The van der Waals surface area contributed by atoms with E-state index in [1.165, 1.54) is 11.0 Å². The molecule has 0 saturated heterocycles. The first kappa shape index (κ1) is 16.1. The van der Waals surface area contributed by atoms with E-state index in [1.807, 2.05) is 12.1 Å². The number of carbonyl (C=O) groups excluding carboxylic acids is 1. The molecular formula is C16H17ClN2O3. The van der Waals surface area contributed by atoms with Gasteiger partial charge < -0.3 is 14.6 Å². The number of likely N-dealkylation sites (N-methyl/N-ethyl adjacent to an activating group) is 1. The van der Waals surface area contributed by atoms with Crippen LogP contribution in [0.15, 0.2) is 41.2 Å². The number of hydrogen-bond acceptors (Lipinski definition) is 3. The van der Waals surface area contributed by atoms with Crippen molar-refractivity contribution >= 4 is 17.5 Å². The standard InChI is InChI=1S/C16H17ClN2O3/c1-11-7-8-12(15(20)18-11)16(21)19(2)9-10-22-14-6-4-3-5-13(14)17/h3-8H,9-10H2,1-2H3,(H,18,20). The molecule has 0 bridgehead atoms. The van der Waals surface area contributed by atoms with E-state index in [0.29, 0.717) is 23.0 Å². The first-order valence-electron chi connectivity index (χ1n) is 6.82. The van der Waals surface area contributed by atoms with Gasteiger partial charge in [0, 0.05) is 12.7 Å². The number of rotatable bonds is 5. The van der Waals surface area contributed by atoms with Crippen LogP contribution in [-0.2, 0) is 0 Å². The summed E-state index contributed by atoms with van der Waals surface area (Å²) in [5.41, 5.74) is 0.445. The van der Waals surface area contributed by atoms with Crippen molar-refractivity contribution in [3.05, 3.63) is 63.0 Å². The van der Waals surface area contributed by atoms with Crippen LogP contribution in [0.1, 0.15) is 16.1 Å². The predicted octanol–water partition coefficient (Wildman–Crippen LogP) is 2.49. The molecule has 0 radical (unpaired) electrons. The molecule has 1 amide bonds. The van der Waals surface area contributed by atoms with E-state index in [-0.39, 0.29) is 23.6 Å². The largest absolute Gasteiger partial charge is 0.490 e. The highest BCUT2D eigenvalue weighted by Crippen LogP contribution is 2.22. The van der Waals surface area contributed by atoms with Gasteiger partial charge >= 0.3 is 0 Å². The van der Waals surface area contributed by atoms with Crippen molar-refractivity contribution in [3.8, 4) is 5.75 Å². The molecule has 0 atom stereocenters. The van der Waals surface area contributed by atoms with Crippen LogP contribution >= 0.6 is 11.6 Å². The monoisotopic (exact) mass is 320 g/mol. The normalized spacial score (nSPS) is 10.3. The van der Waals surface area contributed by atoms with Gasteiger partial charge in [-0.15, -0.1) is 0 Å². The topological polar surface area (TPSA) is 62.4 Å². The van der Waals surface area contributed by atoms with Crippen molar-refractivity contribution < 1.29 is 9.53 Å². The van der Waals surface area contributed by atoms with E-state index < -0.39 is 0 Å². The van der Waals surface area contributed by atoms with Crippen LogP contribution in [0.25, 0.3) is 0 Å². The lowest BCUT2D eigenvalue weighted by atomic mass is 10.2. The molecule has 0 aliphatic heterocycles. The maximum Gasteiger partial charge on any atom is 0.260 e. The second-order valence-electron chi connectivity index (χ2n) is 4.89. The fourth-order valence-corrected chi connectivity index (χ4v) is 2.09. The molecular weight excluding hydrogens is 304 g/mol. The number of aromatic nitrogens is 1. The quantitative estimate of drug-likeness (QED) is 0.920. The SMILES string of the molecule is Cc1ccc(C(=O)N(C)CCOc2ccccc2Cl)c(=O)[nH]1. The van der Waals surface area contributed by atoms with Crippen LogP contribution < -0.4 is 10.3 Å². The minimum absolute atomic E-state index is 0.117. The van der Waals surface area contributed by atoms with E-state index in [0.717, 1.165) is 0 Å². The summed E-state index contributed by atoms with van der Waals surface area (Å²) in [5.74, 6) is 0.224. The summed E-state index contributed by atoms with van der Waals surface area (Å²) in [6.07, 6.45) is 0. The van der Waals surface area contributed by atoms with Crippen LogP contribution in [0.3, 0.4) is 0 Å². The van der Waals surface area contributed by atoms with Crippen molar-refractivity contribution in [2.24, 2.45) is 0 Å². The average molecular weight is 321 g/mol. The lowest BCUT2D eigenvalue weighted by Crippen LogP contribution is -2.34. The van der Waals surface area contributed by atoms with Crippen molar-refractivity contribution in [2.75, 3.05) is 20.2 Å². The molecule has 0 unspecified atom stereocenters. The summed E-state index contributed by atoms with van der Waals surface area (Å²) in [6, 6.07) is 10.4. The van der Waals surface area contributed by atoms with Crippen LogP contribution in [0, 0.1) is 6.92 Å². The van der Waals surface area contributed by atoms with Crippen LogP contribution in [0.4, 0.5) is 0 Å². The van der Waals surface area contributed by atoms with Gasteiger partial charge in [-0.05, 0) is 31.2 Å². The Morgan fingerprint density at radius 1 is 1.27 bits per heavy atom. The summed E-state index contributed by atoms with van der Waals surface area (Å²) < 4.78 is 5.53. The zero-order valence-corrected chi connectivity index (χ0v) is 13.2. The molecule has 1 heterocycles. The summed E-state index contributed by atoms with van der Waals surface area (Å²) in [7, 11) is 1.62. The van der Waals surface area contributed by atoms with Gasteiger partial charge in [-0.1, -0.05) is 23.7 Å². The number of amides is 1. The van der Waals surface area contributed by atoms with Gasteiger partial charge in [0.1, 0.15) is 17.9 Å². The van der Waals surface area contributed by atoms with E-state index >= 15 is 0 Å². The number of H-pyrrole nitrogens is 1. The molecule has 0 aliphatic carbocycles. The molecule has 0 saturated carbocycles. The number of aromatic amines is 1. The average Bonchev–Trinajstić information content (AvgIpc) is 2.48. The van der Waals surface area contributed by atoms with Crippen LogP contribution in [0.5, 0.6) is 5.75 Å². The Morgan fingerprint density at radius 3 is 2.68 bits per heavy atom. The number of carbonyl (C=O) groups is 1. The number of hydrogen-bond donors (Lipinski definition) is 1. The highest BCUT2D eigenvalue weighted by molar-refractivity contribution is 6.32. The zero-order chi connectivity index (χ0) is 16.1. The third kappa shape index (κ3) is 3.89. The molecule has 2 aromatic rings. The molecule has 1 aromatic heterocycles. The number of halogens is 1.